The standard InChI is InChI=1S/C13H18N4/c14-16-15-13-8-4-5-9-17(11-13)10-12-6-2-1-3-7-12/h1-3,6-7,13H,4-5,8-11H2. The Hall–Kier alpha value is -1.51. The summed E-state index contributed by atoms with van der Waals surface area (Å²) in [4.78, 5) is 5.33. The Balaban J connectivity index is 1.97. The third kappa shape index (κ3) is 3.77. The van der Waals surface area contributed by atoms with Crippen LogP contribution in [-0.4, -0.2) is 24.0 Å². The first-order chi connectivity index (χ1) is 8.38. The van der Waals surface area contributed by atoms with Gasteiger partial charge in [-0.25, -0.2) is 0 Å². The molecule has 0 aromatic heterocycles. The van der Waals surface area contributed by atoms with Crippen LogP contribution in [0.1, 0.15) is 24.8 Å². The predicted octanol–water partition coefficient (Wildman–Crippen LogP) is 3.35. The first-order valence-corrected chi connectivity index (χ1v) is 6.19. The Morgan fingerprint density at radius 3 is 2.88 bits per heavy atom. The molecule has 0 radical (unpaired) electrons. The Bertz CT molecular complexity index is 384. The van der Waals surface area contributed by atoms with Gasteiger partial charge < -0.3 is 0 Å². The second-order valence-corrected chi connectivity index (χ2v) is 4.58. The normalized spacial score (nSPS) is 21.5. The molecule has 17 heavy (non-hydrogen) atoms. The van der Waals surface area contributed by atoms with Crippen molar-refractivity contribution >= 4 is 0 Å². The SMILES string of the molecule is [N-]=[N+]=NC1CCCCN(Cc2ccccc2)C1. The van der Waals surface area contributed by atoms with E-state index in [2.05, 4.69) is 39.2 Å². The summed E-state index contributed by atoms with van der Waals surface area (Å²) >= 11 is 0. The summed E-state index contributed by atoms with van der Waals surface area (Å²) < 4.78 is 0. The smallest absolute Gasteiger partial charge is 0.0501 e. The Labute approximate surface area is 102 Å². The molecule has 90 valence electrons. The molecule has 1 atom stereocenters. The number of hydrogen-bond donors (Lipinski definition) is 0. The van der Waals surface area contributed by atoms with E-state index in [9.17, 15) is 0 Å². The lowest BCUT2D eigenvalue weighted by Crippen LogP contribution is -2.29. The minimum absolute atomic E-state index is 0.145. The van der Waals surface area contributed by atoms with Crippen LogP contribution < -0.4 is 0 Å². The molecule has 0 N–H and O–H groups in total. The Kier molecular flexibility index (Phi) is 4.42. The minimum Gasteiger partial charge on any atom is -0.299 e. The second kappa shape index (κ2) is 6.28. The van der Waals surface area contributed by atoms with Crippen molar-refractivity contribution in [3.63, 3.8) is 0 Å². The van der Waals surface area contributed by atoms with Crippen molar-refractivity contribution < 1.29 is 0 Å². The second-order valence-electron chi connectivity index (χ2n) is 4.58. The van der Waals surface area contributed by atoms with Gasteiger partial charge in [0.2, 0.25) is 0 Å². The fourth-order valence-electron chi connectivity index (χ4n) is 2.35. The molecule has 1 saturated heterocycles. The average Bonchev–Trinajstić information content (AvgIpc) is 2.56. The molecule has 1 unspecified atom stereocenters. The van der Waals surface area contributed by atoms with Gasteiger partial charge in [0.1, 0.15) is 0 Å². The highest BCUT2D eigenvalue weighted by Crippen LogP contribution is 2.16. The third-order valence-electron chi connectivity index (χ3n) is 3.19. The zero-order valence-corrected chi connectivity index (χ0v) is 10.00. The van der Waals surface area contributed by atoms with Crippen LogP contribution in [0.15, 0.2) is 35.4 Å². The number of benzene rings is 1. The average molecular weight is 230 g/mol. The monoisotopic (exact) mass is 230 g/mol. The summed E-state index contributed by atoms with van der Waals surface area (Å²) in [6.07, 6.45) is 3.38. The zero-order valence-electron chi connectivity index (χ0n) is 10.00. The maximum atomic E-state index is 8.53. The first kappa shape index (κ1) is 12.0. The van der Waals surface area contributed by atoms with Crippen molar-refractivity contribution in [2.75, 3.05) is 13.1 Å². The van der Waals surface area contributed by atoms with Gasteiger partial charge in [-0.15, -0.1) is 0 Å². The van der Waals surface area contributed by atoms with Gasteiger partial charge in [0.15, 0.2) is 0 Å². The van der Waals surface area contributed by atoms with Crippen molar-refractivity contribution in [1.29, 1.82) is 0 Å². The highest BCUT2D eigenvalue weighted by molar-refractivity contribution is 5.14. The molecule has 1 aromatic carbocycles. The van der Waals surface area contributed by atoms with Crippen molar-refractivity contribution in [1.82, 2.24) is 4.90 Å². The molecular weight excluding hydrogens is 212 g/mol. The topological polar surface area (TPSA) is 52.0 Å². The predicted molar refractivity (Wildman–Crippen MR) is 68.5 cm³/mol. The van der Waals surface area contributed by atoms with E-state index >= 15 is 0 Å². The lowest BCUT2D eigenvalue weighted by Gasteiger charge is -2.22. The van der Waals surface area contributed by atoms with Crippen molar-refractivity contribution in [2.45, 2.75) is 31.8 Å². The van der Waals surface area contributed by atoms with Crippen molar-refractivity contribution in [3.05, 3.63) is 46.3 Å². The fraction of sp³-hybridized carbons (Fsp3) is 0.538. The van der Waals surface area contributed by atoms with Crippen molar-refractivity contribution in [2.24, 2.45) is 5.11 Å². The molecule has 1 aliphatic heterocycles. The van der Waals surface area contributed by atoms with Crippen LogP contribution in [0.4, 0.5) is 0 Å². The molecule has 1 aromatic rings. The number of rotatable bonds is 3. The molecule has 1 aliphatic rings. The molecular formula is C13H18N4. The minimum atomic E-state index is 0.145. The summed E-state index contributed by atoms with van der Waals surface area (Å²) in [7, 11) is 0. The van der Waals surface area contributed by atoms with Gasteiger partial charge in [0.25, 0.3) is 0 Å². The highest BCUT2D eigenvalue weighted by Gasteiger charge is 2.16. The summed E-state index contributed by atoms with van der Waals surface area (Å²) in [6.45, 7) is 2.95. The lowest BCUT2D eigenvalue weighted by molar-refractivity contribution is 0.265. The van der Waals surface area contributed by atoms with E-state index < -0.39 is 0 Å². The maximum absolute atomic E-state index is 8.53. The molecule has 4 heteroatoms. The van der Waals surface area contributed by atoms with Gasteiger partial charge in [0, 0.05) is 18.0 Å². The van der Waals surface area contributed by atoms with Gasteiger partial charge in [-0.1, -0.05) is 41.9 Å². The molecule has 0 bridgehead atoms. The van der Waals surface area contributed by atoms with Crippen LogP contribution in [0.5, 0.6) is 0 Å². The quantitative estimate of drug-likeness (QED) is 0.446. The number of azide groups is 1. The Morgan fingerprint density at radius 1 is 1.29 bits per heavy atom. The van der Waals surface area contributed by atoms with Gasteiger partial charge in [-0.05, 0) is 30.5 Å². The third-order valence-corrected chi connectivity index (χ3v) is 3.19. The van der Waals surface area contributed by atoms with Crippen LogP contribution >= 0.6 is 0 Å². The van der Waals surface area contributed by atoms with E-state index in [1.54, 1.807) is 0 Å². The summed E-state index contributed by atoms with van der Waals surface area (Å²) in [6, 6.07) is 10.6. The zero-order chi connectivity index (χ0) is 11.9. The summed E-state index contributed by atoms with van der Waals surface area (Å²) in [5.41, 5.74) is 9.85. The summed E-state index contributed by atoms with van der Waals surface area (Å²) in [5, 5.41) is 3.87. The number of hydrogen-bond acceptors (Lipinski definition) is 2. The molecule has 2 rings (SSSR count). The van der Waals surface area contributed by atoms with Gasteiger partial charge in [-0.3, -0.25) is 4.90 Å². The van der Waals surface area contributed by atoms with E-state index in [0.29, 0.717) is 0 Å². The molecule has 0 amide bonds. The molecule has 0 saturated carbocycles. The van der Waals surface area contributed by atoms with Crippen LogP contribution in [-0.2, 0) is 6.54 Å². The highest BCUT2D eigenvalue weighted by atomic mass is 15.2. The maximum Gasteiger partial charge on any atom is 0.0501 e. The van der Waals surface area contributed by atoms with E-state index in [1.807, 2.05) is 6.07 Å². The summed E-state index contributed by atoms with van der Waals surface area (Å²) in [5.74, 6) is 0. The van der Waals surface area contributed by atoms with E-state index in [1.165, 1.54) is 12.0 Å². The first-order valence-electron chi connectivity index (χ1n) is 6.19. The van der Waals surface area contributed by atoms with Gasteiger partial charge in [-0.2, -0.15) is 0 Å². The van der Waals surface area contributed by atoms with Crippen molar-refractivity contribution in [3.8, 4) is 0 Å². The number of nitrogens with zero attached hydrogens (tertiary/aromatic N) is 4. The molecule has 0 aliphatic carbocycles. The van der Waals surface area contributed by atoms with E-state index in [4.69, 9.17) is 5.53 Å². The molecule has 1 heterocycles. The van der Waals surface area contributed by atoms with Gasteiger partial charge in [0.05, 0.1) is 6.04 Å². The number of likely N-dealkylation sites (tertiary alicyclic amines) is 1. The van der Waals surface area contributed by atoms with Crippen LogP contribution in [0, 0.1) is 0 Å². The van der Waals surface area contributed by atoms with E-state index in [0.717, 1.165) is 32.5 Å². The van der Waals surface area contributed by atoms with Crippen LogP contribution in [0.25, 0.3) is 10.4 Å². The van der Waals surface area contributed by atoms with Crippen LogP contribution in [0.3, 0.4) is 0 Å². The Morgan fingerprint density at radius 2 is 2.12 bits per heavy atom. The molecule has 1 fully saturated rings. The fourth-order valence-corrected chi connectivity index (χ4v) is 2.35. The molecule has 4 nitrogen and oxygen atoms in total. The van der Waals surface area contributed by atoms with Crippen LogP contribution in [0.2, 0.25) is 0 Å². The largest absolute Gasteiger partial charge is 0.299 e. The van der Waals surface area contributed by atoms with Gasteiger partial charge >= 0.3 is 0 Å². The molecule has 0 spiro atoms. The lowest BCUT2D eigenvalue weighted by atomic mass is 10.1. The van der Waals surface area contributed by atoms with E-state index in [-0.39, 0.29) is 6.04 Å².